The summed E-state index contributed by atoms with van der Waals surface area (Å²) in [6.45, 7) is 8.10. The van der Waals surface area contributed by atoms with Gasteiger partial charge in [-0.15, -0.1) is 0 Å². The van der Waals surface area contributed by atoms with Crippen LogP contribution in [0.3, 0.4) is 0 Å². The Hall–Kier alpha value is -4.95. The predicted octanol–water partition coefficient (Wildman–Crippen LogP) is 6.32. The van der Waals surface area contributed by atoms with E-state index in [1.807, 2.05) is 86.7 Å². The molecule has 0 saturated carbocycles. The van der Waals surface area contributed by atoms with Crippen molar-refractivity contribution in [2.45, 2.75) is 46.4 Å². The van der Waals surface area contributed by atoms with E-state index >= 15 is 0 Å². The highest BCUT2D eigenvalue weighted by Gasteiger charge is 2.33. The van der Waals surface area contributed by atoms with Crippen molar-refractivity contribution in [1.29, 1.82) is 0 Å². The Morgan fingerprint density at radius 1 is 0.978 bits per heavy atom. The molecule has 4 aromatic carbocycles. The molecule has 0 spiro atoms. The maximum Gasteiger partial charge on any atom is 0.338 e. The molecule has 0 saturated heterocycles. The summed E-state index contributed by atoms with van der Waals surface area (Å²) in [5.74, 6) is 0.921. The van der Waals surface area contributed by atoms with Gasteiger partial charge in [-0.1, -0.05) is 78.1 Å². The molecule has 0 radical (unpaired) electrons. The number of ether oxygens (including phenoxy) is 3. The van der Waals surface area contributed by atoms with Crippen molar-refractivity contribution < 1.29 is 19.0 Å². The van der Waals surface area contributed by atoms with Crippen LogP contribution in [0.5, 0.6) is 11.5 Å². The van der Waals surface area contributed by atoms with Crippen LogP contribution in [0.25, 0.3) is 16.8 Å². The first-order valence-corrected chi connectivity index (χ1v) is 15.8. The highest BCUT2D eigenvalue weighted by atomic mass is 32.1. The lowest BCUT2D eigenvalue weighted by Crippen LogP contribution is -2.39. The number of benzene rings is 4. The average molecular weight is 619 g/mol. The number of hydrogen-bond acceptors (Lipinski definition) is 7. The first kappa shape index (κ1) is 30.1. The van der Waals surface area contributed by atoms with Crippen molar-refractivity contribution in [3.05, 3.63) is 139 Å². The minimum absolute atomic E-state index is 0.0212. The molecule has 8 heteroatoms. The predicted molar refractivity (Wildman–Crippen MR) is 177 cm³/mol. The zero-order chi connectivity index (χ0) is 31.5. The van der Waals surface area contributed by atoms with E-state index in [0.29, 0.717) is 38.7 Å². The van der Waals surface area contributed by atoms with Crippen molar-refractivity contribution >= 4 is 34.2 Å². The Morgan fingerprint density at radius 3 is 2.51 bits per heavy atom. The van der Waals surface area contributed by atoms with Crippen LogP contribution in [-0.2, 0) is 16.1 Å². The molecular weight excluding hydrogens is 584 g/mol. The van der Waals surface area contributed by atoms with E-state index < -0.39 is 12.0 Å². The van der Waals surface area contributed by atoms with E-state index in [4.69, 9.17) is 14.2 Å². The number of allylic oxidation sites excluding steroid dienone is 1. The summed E-state index contributed by atoms with van der Waals surface area (Å²) in [6.07, 6.45) is 1.86. The molecule has 1 atom stereocenters. The quantitative estimate of drug-likeness (QED) is 0.181. The molecule has 2 heterocycles. The van der Waals surface area contributed by atoms with E-state index in [9.17, 15) is 9.59 Å². The van der Waals surface area contributed by atoms with Gasteiger partial charge in [0.2, 0.25) is 0 Å². The lowest BCUT2D eigenvalue weighted by molar-refractivity contribution is -0.139. The zero-order valence-electron chi connectivity index (χ0n) is 25.7. The van der Waals surface area contributed by atoms with Crippen LogP contribution in [0.2, 0.25) is 0 Å². The monoisotopic (exact) mass is 618 g/mol. The molecule has 6 rings (SSSR count). The second kappa shape index (κ2) is 13.0. The van der Waals surface area contributed by atoms with E-state index in [1.54, 1.807) is 18.4 Å². The number of esters is 1. The Labute approximate surface area is 265 Å². The van der Waals surface area contributed by atoms with Gasteiger partial charge in [-0.05, 0) is 85.5 Å². The summed E-state index contributed by atoms with van der Waals surface area (Å²) >= 11 is 1.29. The fraction of sp³-hybridized carbons (Fsp3) is 0.216. The standard InChI is InChI=1S/C37H34N2O5S/c1-5-42-36(41)33-24(4)38-37-39(34(33)27-16-18-29(19-17-27)44-23(2)3)35(40)32(45-37)21-25-10-8-14-30(20-25)43-22-28-13-9-12-26-11-6-7-15-31(26)28/h6-21,23,34H,5,22H2,1-4H3/b32-21-/t34-/m1/s1. The highest BCUT2D eigenvalue weighted by Crippen LogP contribution is 2.32. The lowest BCUT2D eigenvalue weighted by Gasteiger charge is -2.25. The van der Waals surface area contributed by atoms with E-state index in [2.05, 4.69) is 29.3 Å². The third kappa shape index (κ3) is 6.33. The average Bonchev–Trinajstić information content (AvgIpc) is 3.33. The van der Waals surface area contributed by atoms with Gasteiger partial charge in [-0.25, -0.2) is 9.79 Å². The van der Waals surface area contributed by atoms with Crippen molar-refractivity contribution in [2.75, 3.05) is 6.61 Å². The minimum atomic E-state index is -0.689. The minimum Gasteiger partial charge on any atom is -0.491 e. The summed E-state index contributed by atoms with van der Waals surface area (Å²) in [5.41, 5.74) is 3.32. The summed E-state index contributed by atoms with van der Waals surface area (Å²) in [5, 5.41) is 2.33. The van der Waals surface area contributed by atoms with E-state index in [1.165, 1.54) is 16.7 Å². The first-order chi connectivity index (χ1) is 21.8. The molecule has 5 aromatic rings. The van der Waals surface area contributed by atoms with Crippen LogP contribution in [0.4, 0.5) is 0 Å². The first-order valence-electron chi connectivity index (χ1n) is 15.0. The van der Waals surface area contributed by atoms with Gasteiger partial charge < -0.3 is 14.2 Å². The Bertz CT molecular complexity index is 2080. The maximum atomic E-state index is 14.0. The zero-order valence-corrected chi connectivity index (χ0v) is 26.5. The number of thiazole rings is 1. The van der Waals surface area contributed by atoms with Crippen molar-refractivity contribution in [1.82, 2.24) is 4.57 Å². The van der Waals surface area contributed by atoms with Gasteiger partial charge in [0.05, 0.1) is 34.6 Å². The number of hydrogen-bond donors (Lipinski definition) is 0. The van der Waals surface area contributed by atoms with Crippen molar-refractivity contribution in [3.63, 3.8) is 0 Å². The van der Waals surface area contributed by atoms with E-state index in [-0.39, 0.29) is 18.3 Å². The summed E-state index contributed by atoms with van der Waals surface area (Å²) in [6, 6.07) is 28.9. The molecule has 1 aliphatic rings. The molecule has 7 nitrogen and oxygen atoms in total. The molecule has 1 aliphatic heterocycles. The molecule has 45 heavy (non-hydrogen) atoms. The fourth-order valence-electron chi connectivity index (χ4n) is 5.53. The smallest absolute Gasteiger partial charge is 0.338 e. The van der Waals surface area contributed by atoms with Gasteiger partial charge in [-0.3, -0.25) is 9.36 Å². The van der Waals surface area contributed by atoms with Gasteiger partial charge in [0.15, 0.2) is 4.80 Å². The summed E-state index contributed by atoms with van der Waals surface area (Å²) < 4.78 is 19.5. The number of fused-ring (bicyclic) bond motifs is 2. The lowest BCUT2D eigenvalue weighted by atomic mass is 9.96. The molecule has 0 amide bonds. The third-order valence-corrected chi connectivity index (χ3v) is 8.50. The molecule has 0 N–H and O–H groups in total. The Balaban J connectivity index is 1.35. The van der Waals surface area contributed by atoms with Crippen LogP contribution in [0, 0.1) is 0 Å². The van der Waals surface area contributed by atoms with Gasteiger partial charge in [0.1, 0.15) is 18.1 Å². The Kier molecular flexibility index (Phi) is 8.67. The topological polar surface area (TPSA) is 79.1 Å². The molecule has 1 aromatic heterocycles. The van der Waals surface area contributed by atoms with Crippen LogP contribution < -0.4 is 24.4 Å². The van der Waals surface area contributed by atoms with Crippen LogP contribution in [0.1, 0.15) is 50.4 Å². The van der Waals surface area contributed by atoms with Gasteiger partial charge >= 0.3 is 5.97 Å². The number of rotatable bonds is 9. The third-order valence-electron chi connectivity index (χ3n) is 7.51. The fourth-order valence-corrected chi connectivity index (χ4v) is 6.58. The molecule has 0 fully saturated rings. The molecule has 0 bridgehead atoms. The molecule has 0 aliphatic carbocycles. The van der Waals surface area contributed by atoms with Crippen LogP contribution in [0.15, 0.2) is 112 Å². The summed E-state index contributed by atoms with van der Waals surface area (Å²) in [7, 11) is 0. The van der Waals surface area contributed by atoms with E-state index in [0.717, 1.165) is 22.1 Å². The van der Waals surface area contributed by atoms with Gasteiger partial charge in [-0.2, -0.15) is 0 Å². The SMILES string of the molecule is CCOC(=O)C1=C(C)N=c2s/c(=C\c3cccc(OCc4cccc5ccccc45)c3)c(=O)n2[C@@H]1c1ccc(OC(C)C)cc1. The van der Waals surface area contributed by atoms with Crippen molar-refractivity contribution in [3.8, 4) is 11.5 Å². The van der Waals surface area contributed by atoms with Crippen molar-refractivity contribution in [2.24, 2.45) is 4.99 Å². The summed E-state index contributed by atoms with van der Waals surface area (Å²) in [4.78, 5) is 32.4. The number of carbonyl (C=O) groups is 1. The number of aromatic nitrogens is 1. The highest BCUT2D eigenvalue weighted by molar-refractivity contribution is 7.07. The van der Waals surface area contributed by atoms with Crippen LogP contribution in [-0.4, -0.2) is 23.2 Å². The second-order valence-electron chi connectivity index (χ2n) is 11.0. The van der Waals surface area contributed by atoms with Gasteiger partial charge in [0, 0.05) is 0 Å². The maximum absolute atomic E-state index is 14.0. The molecule has 228 valence electrons. The number of nitrogens with zero attached hydrogens (tertiary/aromatic N) is 2. The normalized spacial score (nSPS) is 14.8. The molecule has 0 unspecified atom stereocenters. The van der Waals surface area contributed by atoms with Gasteiger partial charge in [0.25, 0.3) is 5.56 Å². The Morgan fingerprint density at radius 2 is 1.73 bits per heavy atom. The molecular formula is C37H34N2O5S. The van der Waals surface area contributed by atoms with Crippen LogP contribution >= 0.6 is 11.3 Å². The largest absolute Gasteiger partial charge is 0.491 e. The number of carbonyl (C=O) groups excluding carboxylic acids is 1. The second-order valence-corrected chi connectivity index (χ2v) is 12.0.